The normalized spacial score (nSPS) is 20.9. The van der Waals surface area contributed by atoms with E-state index >= 15 is 0 Å². The predicted octanol–water partition coefficient (Wildman–Crippen LogP) is 2.06. The predicted molar refractivity (Wildman–Crippen MR) is 72.8 cm³/mol. The zero-order valence-corrected chi connectivity index (χ0v) is 12.2. The van der Waals surface area contributed by atoms with Crippen molar-refractivity contribution in [3.05, 3.63) is 23.0 Å². The number of hydrogen-bond acceptors (Lipinski definition) is 3. The quantitative estimate of drug-likeness (QED) is 0.846. The average molecular weight is 286 g/mol. The molecule has 2 rings (SSSR count). The topological polar surface area (TPSA) is 63.4 Å². The van der Waals surface area contributed by atoms with Gasteiger partial charge in [0.2, 0.25) is 10.0 Å². The molecule has 0 amide bonds. The molecular formula is C13H19FN2O2S. The maximum atomic E-state index is 13.5. The molecule has 1 unspecified atom stereocenters. The monoisotopic (exact) mass is 286 g/mol. The van der Waals surface area contributed by atoms with Crippen molar-refractivity contribution in [1.29, 1.82) is 0 Å². The molecule has 1 aliphatic rings. The van der Waals surface area contributed by atoms with Gasteiger partial charge in [-0.15, -0.1) is 0 Å². The second kappa shape index (κ2) is 4.76. The van der Waals surface area contributed by atoms with Crippen molar-refractivity contribution >= 4 is 15.7 Å². The summed E-state index contributed by atoms with van der Waals surface area (Å²) < 4.78 is 40.2. The van der Waals surface area contributed by atoms with E-state index in [1.165, 1.54) is 10.4 Å². The van der Waals surface area contributed by atoms with Gasteiger partial charge in [-0.3, -0.25) is 0 Å². The van der Waals surface area contributed by atoms with Crippen LogP contribution in [0.2, 0.25) is 0 Å². The van der Waals surface area contributed by atoms with Crippen LogP contribution in [0, 0.1) is 25.6 Å². The lowest BCUT2D eigenvalue weighted by Gasteiger charge is -2.20. The maximum absolute atomic E-state index is 13.5. The summed E-state index contributed by atoms with van der Waals surface area (Å²) in [5.74, 6) is -0.211. The molecule has 0 radical (unpaired) electrons. The fourth-order valence-electron chi connectivity index (χ4n) is 2.57. The van der Waals surface area contributed by atoms with Gasteiger partial charge >= 0.3 is 0 Å². The van der Waals surface area contributed by atoms with Gasteiger partial charge in [0.15, 0.2) is 0 Å². The van der Waals surface area contributed by atoms with E-state index < -0.39 is 15.8 Å². The molecule has 106 valence electrons. The fraction of sp³-hybridized carbons (Fsp3) is 0.538. The third-order valence-electron chi connectivity index (χ3n) is 3.69. The van der Waals surface area contributed by atoms with Crippen molar-refractivity contribution in [3.8, 4) is 0 Å². The number of rotatable bonds is 2. The highest BCUT2D eigenvalue weighted by Crippen LogP contribution is 2.32. The summed E-state index contributed by atoms with van der Waals surface area (Å²) in [4.78, 5) is 0.153. The van der Waals surface area contributed by atoms with Crippen LogP contribution in [0.4, 0.5) is 10.1 Å². The Morgan fingerprint density at radius 2 is 2.05 bits per heavy atom. The minimum atomic E-state index is -3.59. The van der Waals surface area contributed by atoms with Crippen LogP contribution in [-0.4, -0.2) is 25.8 Å². The van der Waals surface area contributed by atoms with Gasteiger partial charge in [-0.2, -0.15) is 4.31 Å². The van der Waals surface area contributed by atoms with Crippen molar-refractivity contribution < 1.29 is 12.8 Å². The van der Waals surface area contributed by atoms with E-state index in [2.05, 4.69) is 0 Å². The number of nitrogens with two attached hydrogens (primary N) is 1. The van der Waals surface area contributed by atoms with Crippen molar-refractivity contribution in [2.45, 2.75) is 32.1 Å². The maximum Gasteiger partial charge on any atom is 0.243 e. The molecule has 1 fully saturated rings. The van der Waals surface area contributed by atoms with Crippen LogP contribution in [-0.2, 0) is 10.0 Å². The molecule has 1 aromatic rings. The zero-order valence-electron chi connectivity index (χ0n) is 11.4. The van der Waals surface area contributed by atoms with Crippen molar-refractivity contribution in [2.24, 2.45) is 5.92 Å². The first-order chi connectivity index (χ1) is 8.75. The molecule has 4 nitrogen and oxygen atoms in total. The number of benzene rings is 1. The summed E-state index contributed by atoms with van der Waals surface area (Å²) in [7, 11) is -3.59. The fourth-order valence-corrected chi connectivity index (χ4v) is 4.59. The molecule has 1 aliphatic heterocycles. The SMILES string of the molecule is Cc1cc(F)c(N)c(C)c1S(=O)(=O)N1CCC(C)C1. The highest BCUT2D eigenvalue weighted by molar-refractivity contribution is 7.89. The molecule has 1 aromatic carbocycles. The molecule has 1 saturated heterocycles. The molecule has 0 aromatic heterocycles. The van der Waals surface area contributed by atoms with E-state index in [9.17, 15) is 12.8 Å². The number of halogens is 1. The highest BCUT2D eigenvalue weighted by Gasteiger charge is 2.33. The molecule has 0 saturated carbocycles. The van der Waals surface area contributed by atoms with Crippen LogP contribution in [0.1, 0.15) is 24.5 Å². The van der Waals surface area contributed by atoms with E-state index in [1.54, 1.807) is 13.8 Å². The van der Waals surface area contributed by atoms with Crippen LogP contribution in [0.5, 0.6) is 0 Å². The molecule has 0 bridgehead atoms. The second-order valence-corrected chi connectivity index (χ2v) is 7.17. The van der Waals surface area contributed by atoms with Crippen molar-refractivity contribution in [1.82, 2.24) is 4.31 Å². The minimum absolute atomic E-state index is 0.0866. The van der Waals surface area contributed by atoms with Gasteiger partial charge in [0.25, 0.3) is 0 Å². The van der Waals surface area contributed by atoms with Crippen LogP contribution < -0.4 is 5.73 Å². The number of anilines is 1. The number of sulfonamides is 1. The van der Waals surface area contributed by atoms with E-state index in [0.717, 1.165) is 6.42 Å². The Labute approximate surface area is 113 Å². The summed E-state index contributed by atoms with van der Waals surface area (Å²) in [5, 5.41) is 0. The van der Waals surface area contributed by atoms with E-state index in [1.807, 2.05) is 6.92 Å². The van der Waals surface area contributed by atoms with Crippen LogP contribution in [0.3, 0.4) is 0 Å². The number of hydrogen-bond donors (Lipinski definition) is 1. The van der Waals surface area contributed by atoms with Gasteiger partial charge in [-0.25, -0.2) is 12.8 Å². The highest BCUT2D eigenvalue weighted by atomic mass is 32.2. The zero-order chi connectivity index (χ0) is 14.4. The van der Waals surface area contributed by atoms with Crippen LogP contribution in [0.15, 0.2) is 11.0 Å². The third kappa shape index (κ3) is 2.34. The Balaban J connectivity index is 2.56. The Kier molecular flexibility index (Phi) is 3.57. The Morgan fingerprint density at radius 3 is 2.58 bits per heavy atom. The van der Waals surface area contributed by atoms with E-state index in [0.29, 0.717) is 30.1 Å². The minimum Gasteiger partial charge on any atom is -0.396 e. The Hall–Kier alpha value is -1.14. The molecular weight excluding hydrogens is 267 g/mol. The summed E-state index contributed by atoms with van der Waals surface area (Å²) in [6.45, 7) is 6.20. The van der Waals surface area contributed by atoms with Gasteiger partial charge in [-0.05, 0) is 43.4 Å². The molecule has 6 heteroatoms. The van der Waals surface area contributed by atoms with E-state index in [4.69, 9.17) is 5.73 Å². The molecule has 19 heavy (non-hydrogen) atoms. The lowest BCUT2D eigenvalue weighted by atomic mass is 10.1. The summed E-state index contributed by atoms with van der Waals surface area (Å²) >= 11 is 0. The van der Waals surface area contributed by atoms with Crippen molar-refractivity contribution in [3.63, 3.8) is 0 Å². The van der Waals surface area contributed by atoms with Crippen LogP contribution in [0.25, 0.3) is 0 Å². The van der Waals surface area contributed by atoms with Gasteiger partial charge in [0.05, 0.1) is 10.6 Å². The Bertz CT molecular complexity index is 614. The van der Waals surface area contributed by atoms with Gasteiger partial charge in [0.1, 0.15) is 5.82 Å². The van der Waals surface area contributed by atoms with E-state index in [-0.39, 0.29) is 10.6 Å². The summed E-state index contributed by atoms with van der Waals surface area (Å²) in [5.41, 5.74) is 6.24. The first-order valence-corrected chi connectivity index (χ1v) is 7.74. The average Bonchev–Trinajstić information content (AvgIpc) is 2.73. The lowest BCUT2D eigenvalue weighted by molar-refractivity contribution is 0.463. The third-order valence-corrected chi connectivity index (χ3v) is 5.84. The largest absolute Gasteiger partial charge is 0.396 e. The van der Waals surface area contributed by atoms with Gasteiger partial charge in [-0.1, -0.05) is 6.92 Å². The first kappa shape index (κ1) is 14.3. The first-order valence-electron chi connectivity index (χ1n) is 6.30. The number of nitrogens with zero attached hydrogens (tertiary/aromatic N) is 1. The lowest BCUT2D eigenvalue weighted by Crippen LogP contribution is -2.30. The molecule has 1 atom stereocenters. The van der Waals surface area contributed by atoms with Crippen molar-refractivity contribution in [2.75, 3.05) is 18.8 Å². The molecule has 1 heterocycles. The standard InChI is InChI=1S/C13H19FN2O2S/c1-8-4-5-16(7-8)19(17,18)13-9(2)6-11(14)12(15)10(13)3/h6,8H,4-5,7,15H2,1-3H3. The second-order valence-electron chi connectivity index (χ2n) is 5.30. The van der Waals surface area contributed by atoms with Crippen LogP contribution >= 0.6 is 0 Å². The summed E-state index contributed by atoms with van der Waals surface area (Å²) in [6, 6.07) is 1.19. The van der Waals surface area contributed by atoms with Gasteiger partial charge < -0.3 is 5.73 Å². The number of aryl methyl sites for hydroxylation is 1. The molecule has 0 spiro atoms. The van der Waals surface area contributed by atoms with Gasteiger partial charge in [0, 0.05) is 13.1 Å². The summed E-state index contributed by atoms with van der Waals surface area (Å²) in [6.07, 6.45) is 0.855. The Morgan fingerprint density at radius 1 is 1.42 bits per heavy atom. The smallest absolute Gasteiger partial charge is 0.243 e. The number of nitrogen functional groups attached to an aromatic ring is 1. The molecule has 2 N–H and O–H groups in total. The molecule has 0 aliphatic carbocycles.